The minimum Gasteiger partial charge on any atom is -0.619 e. The first-order valence-electron chi connectivity index (χ1n) is 12.6. The van der Waals surface area contributed by atoms with Crippen LogP contribution < -0.4 is 19.5 Å². The zero-order valence-electron chi connectivity index (χ0n) is 22.0. The molecule has 0 spiro atoms. The van der Waals surface area contributed by atoms with Crippen LogP contribution in [0.3, 0.4) is 0 Å². The maximum Gasteiger partial charge on any atom is 0.223 e. The second-order valence-corrected chi connectivity index (χ2v) is 8.98. The van der Waals surface area contributed by atoms with E-state index in [-0.39, 0.29) is 5.91 Å². The van der Waals surface area contributed by atoms with Crippen molar-refractivity contribution in [2.24, 2.45) is 0 Å². The standard InChI is InChI=1S/C30H37N3O4/c1-32(21-17-25-13-16-28(36-2)29(22-25)37-3)19-5-4-18-31-30(34)10-6-8-24-11-14-26(15-12-24)27-9-7-20-33(35)23-27/h6-9,11-16,20,22-23H,4-5,10,17-19,21H2,1-3H3,(H,31,34). The molecule has 1 aromatic heterocycles. The van der Waals surface area contributed by atoms with Gasteiger partial charge in [0.25, 0.3) is 0 Å². The average Bonchev–Trinajstić information content (AvgIpc) is 2.92. The second kappa shape index (κ2) is 14.7. The summed E-state index contributed by atoms with van der Waals surface area (Å²) in [5, 5.41) is 14.4. The Morgan fingerprint density at radius 1 is 1.00 bits per heavy atom. The van der Waals surface area contributed by atoms with E-state index in [1.165, 1.54) is 11.8 Å². The quantitative estimate of drug-likeness (QED) is 0.199. The third-order valence-electron chi connectivity index (χ3n) is 6.15. The van der Waals surface area contributed by atoms with Crippen LogP contribution in [0, 0.1) is 5.21 Å². The lowest BCUT2D eigenvalue weighted by atomic mass is 10.1. The van der Waals surface area contributed by atoms with Crippen LogP contribution in [0.25, 0.3) is 17.2 Å². The van der Waals surface area contributed by atoms with Crippen molar-refractivity contribution in [1.82, 2.24) is 10.2 Å². The van der Waals surface area contributed by atoms with E-state index in [9.17, 15) is 10.0 Å². The van der Waals surface area contributed by atoms with Crippen LogP contribution in [0.4, 0.5) is 0 Å². The zero-order valence-corrected chi connectivity index (χ0v) is 22.0. The van der Waals surface area contributed by atoms with E-state index in [2.05, 4.69) is 23.3 Å². The van der Waals surface area contributed by atoms with E-state index >= 15 is 0 Å². The van der Waals surface area contributed by atoms with Crippen molar-refractivity contribution in [2.75, 3.05) is 40.9 Å². The predicted molar refractivity (Wildman–Crippen MR) is 147 cm³/mol. The molecule has 1 amide bonds. The summed E-state index contributed by atoms with van der Waals surface area (Å²) in [6.45, 7) is 2.62. The number of amides is 1. The van der Waals surface area contributed by atoms with Gasteiger partial charge in [0.1, 0.15) is 0 Å². The van der Waals surface area contributed by atoms with Gasteiger partial charge < -0.3 is 24.9 Å². The van der Waals surface area contributed by atoms with Crippen LogP contribution in [0.15, 0.2) is 73.1 Å². The van der Waals surface area contributed by atoms with E-state index in [1.807, 2.05) is 54.6 Å². The third kappa shape index (κ3) is 9.28. The van der Waals surface area contributed by atoms with Crippen molar-refractivity contribution < 1.29 is 19.0 Å². The smallest absolute Gasteiger partial charge is 0.223 e. The summed E-state index contributed by atoms with van der Waals surface area (Å²) in [6.07, 6.45) is 10.1. The largest absolute Gasteiger partial charge is 0.619 e. The van der Waals surface area contributed by atoms with Gasteiger partial charge in [-0.1, -0.05) is 42.5 Å². The number of rotatable bonds is 14. The van der Waals surface area contributed by atoms with E-state index in [0.717, 1.165) is 65.3 Å². The number of nitrogens with zero attached hydrogens (tertiary/aromatic N) is 2. The van der Waals surface area contributed by atoms with E-state index in [4.69, 9.17) is 9.47 Å². The molecule has 37 heavy (non-hydrogen) atoms. The van der Waals surface area contributed by atoms with Gasteiger partial charge in [-0.25, -0.2) is 0 Å². The van der Waals surface area contributed by atoms with Gasteiger partial charge in [-0.2, -0.15) is 4.73 Å². The molecule has 0 bridgehead atoms. The molecule has 3 aromatic rings. The molecule has 0 radical (unpaired) electrons. The normalized spacial score (nSPS) is 11.1. The van der Waals surface area contributed by atoms with Gasteiger partial charge in [-0.3, -0.25) is 4.79 Å². The molecule has 0 saturated heterocycles. The number of aromatic nitrogens is 1. The van der Waals surface area contributed by atoms with Gasteiger partial charge in [0.2, 0.25) is 5.91 Å². The van der Waals surface area contributed by atoms with Gasteiger partial charge in [0.05, 0.1) is 14.2 Å². The second-order valence-electron chi connectivity index (χ2n) is 8.98. The Labute approximate surface area is 219 Å². The van der Waals surface area contributed by atoms with Gasteiger partial charge in [0.15, 0.2) is 23.9 Å². The van der Waals surface area contributed by atoms with Crippen LogP contribution >= 0.6 is 0 Å². The van der Waals surface area contributed by atoms with Crippen LogP contribution in [-0.4, -0.2) is 51.7 Å². The fraction of sp³-hybridized carbons (Fsp3) is 0.333. The first-order chi connectivity index (χ1) is 18.0. The van der Waals surface area contributed by atoms with E-state index in [1.54, 1.807) is 26.5 Å². The highest BCUT2D eigenvalue weighted by Crippen LogP contribution is 2.27. The number of nitrogens with one attached hydrogen (secondary N) is 1. The molecule has 0 fully saturated rings. The summed E-state index contributed by atoms with van der Waals surface area (Å²) in [5.41, 5.74) is 4.08. The zero-order chi connectivity index (χ0) is 26.5. The van der Waals surface area contributed by atoms with E-state index in [0.29, 0.717) is 13.0 Å². The molecule has 0 saturated carbocycles. The van der Waals surface area contributed by atoms with Crippen LogP contribution in [0.5, 0.6) is 11.5 Å². The Hall–Kier alpha value is -3.84. The minimum absolute atomic E-state index is 0.0268. The van der Waals surface area contributed by atoms with Gasteiger partial charge in [-0.15, -0.1) is 0 Å². The summed E-state index contributed by atoms with van der Waals surface area (Å²) in [5.74, 6) is 1.53. The van der Waals surface area contributed by atoms with Crippen LogP contribution in [0.2, 0.25) is 0 Å². The molecule has 0 aliphatic heterocycles. The number of pyridine rings is 1. The van der Waals surface area contributed by atoms with Crippen molar-refractivity contribution in [3.05, 3.63) is 89.4 Å². The first-order valence-corrected chi connectivity index (χ1v) is 12.6. The minimum atomic E-state index is 0.0268. The topological polar surface area (TPSA) is 77.7 Å². The van der Waals surface area contributed by atoms with Gasteiger partial charge in [0, 0.05) is 31.1 Å². The third-order valence-corrected chi connectivity index (χ3v) is 6.15. The fourth-order valence-corrected chi connectivity index (χ4v) is 3.99. The predicted octanol–water partition coefficient (Wildman–Crippen LogP) is 4.48. The van der Waals surface area contributed by atoms with E-state index < -0.39 is 0 Å². The molecule has 2 aromatic carbocycles. The summed E-state index contributed by atoms with van der Waals surface area (Å²) in [6, 6.07) is 17.6. The van der Waals surface area contributed by atoms with Crippen LogP contribution in [-0.2, 0) is 11.2 Å². The highest BCUT2D eigenvalue weighted by atomic mass is 16.5. The molecule has 0 aliphatic rings. The molecule has 0 aliphatic carbocycles. The van der Waals surface area contributed by atoms with Crippen molar-refractivity contribution >= 4 is 12.0 Å². The number of ether oxygens (including phenoxy) is 2. The molecule has 196 valence electrons. The van der Waals surface area contributed by atoms with Crippen molar-refractivity contribution in [1.29, 1.82) is 0 Å². The lowest BCUT2D eigenvalue weighted by Gasteiger charge is -2.17. The number of likely N-dealkylation sites (N-methyl/N-ethyl adjacent to an activating group) is 1. The Morgan fingerprint density at radius 2 is 1.78 bits per heavy atom. The summed E-state index contributed by atoms with van der Waals surface area (Å²) < 4.78 is 11.5. The molecule has 1 N–H and O–H groups in total. The number of hydrogen-bond donors (Lipinski definition) is 1. The number of carbonyl (C=O) groups is 1. The molecule has 7 heteroatoms. The number of carbonyl (C=O) groups excluding carboxylic acids is 1. The Kier molecular flexibility index (Phi) is 11.0. The average molecular weight is 504 g/mol. The molecule has 1 heterocycles. The van der Waals surface area contributed by atoms with Crippen molar-refractivity contribution in [2.45, 2.75) is 25.7 Å². The maximum atomic E-state index is 12.1. The summed E-state index contributed by atoms with van der Waals surface area (Å²) in [7, 11) is 5.42. The number of methoxy groups -OCH3 is 2. The van der Waals surface area contributed by atoms with Crippen LogP contribution in [0.1, 0.15) is 30.4 Å². The lowest BCUT2D eigenvalue weighted by molar-refractivity contribution is -0.604. The Bertz CT molecular complexity index is 1160. The molecule has 7 nitrogen and oxygen atoms in total. The monoisotopic (exact) mass is 503 g/mol. The number of unbranched alkanes of at least 4 members (excludes halogenated alkanes) is 1. The first kappa shape index (κ1) is 27.7. The highest BCUT2D eigenvalue weighted by Gasteiger charge is 2.06. The van der Waals surface area contributed by atoms with Gasteiger partial charge in [-0.05, 0) is 67.7 Å². The molecular formula is C30H37N3O4. The highest BCUT2D eigenvalue weighted by molar-refractivity contribution is 5.78. The Balaban J connectivity index is 1.28. The molecule has 0 unspecified atom stereocenters. The van der Waals surface area contributed by atoms with Crippen molar-refractivity contribution in [3.8, 4) is 22.6 Å². The number of benzene rings is 2. The molecule has 3 rings (SSSR count). The molecule has 0 atom stereocenters. The summed E-state index contributed by atoms with van der Waals surface area (Å²) >= 11 is 0. The Morgan fingerprint density at radius 3 is 2.51 bits per heavy atom. The fourth-order valence-electron chi connectivity index (χ4n) is 3.99. The number of hydrogen-bond acceptors (Lipinski definition) is 5. The van der Waals surface area contributed by atoms with Gasteiger partial charge >= 0.3 is 0 Å². The van der Waals surface area contributed by atoms with Crippen molar-refractivity contribution in [3.63, 3.8) is 0 Å². The lowest BCUT2D eigenvalue weighted by Crippen LogP contribution is -2.26. The molecular weight excluding hydrogens is 466 g/mol. The SMILES string of the molecule is COc1ccc(CCN(C)CCCCNC(=O)CC=Cc2ccc(-c3ccc[n+]([O-])c3)cc2)cc1OC. The maximum absolute atomic E-state index is 12.1. The summed E-state index contributed by atoms with van der Waals surface area (Å²) in [4.78, 5) is 14.4.